The van der Waals surface area contributed by atoms with Crippen molar-refractivity contribution in [3.63, 3.8) is 0 Å². The number of nitrogens with one attached hydrogen (secondary N) is 1. The Morgan fingerprint density at radius 1 is 1.33 bits per heavy atom. The lowest BCUT2D eigenvalue weighted by atomic mass is 10.1. The van der Waals surface area contributed by atoms with Gasteiger partial charge < -0.3 is 5.32 Å². The highest BCUT2D eigenvalue weighted by Crippen LogP contribution is 2.17. The summed E-state index contributed by atoms with van der Waals surface area (Å²) in [6, 6.07) is 9.95. The summed E-state index contributed by atoms with van der Waals surface area (Å²) in [5, 5.41) is 10.5. The molecule has 0 saturated carbocycles. The van der Waals surface area contributed by atoms with Gasteiger partial charge in [-0.25, -0.2) is 0 Å². The van der Waals surface area contributed by atoms with E-state index in [1.807, 2.05) is 28.4 Å². The first-order valence-electron chi connectivity index (χ1n) is 6.98. The zero-order valence-corrected chi connectivity index (χ0v) is 12.7. The number of hydrogen-bond acceptors (Lipinski definition) is 3. The minimum Gasteiger partial charge on any atom is -0.351 e. The second-order valence-electron chi connectivity index (χ2n) is 4.96. The van der Waals surface area contributed by atoms with Crippen molar-refractivity contribution >= 4 is 28.1 Å². The maximum atomic E-state index is 11.8. The van der Waals surface area contributed by atoms with Gasteiger partial charge in [-0.3, -0.25) is 9.48 Å². The van der Waals surface area contributed by atoms with E-state index in [1.54, 1.807) is 0 Å². The third kappa shape index (κ3) is 2.97. The molecule has 0 radical (unpaired) electrons. The highest BCUT2D eigenvalue weighted by molar-refractivity contribution is 7.12. The Kier molecular flexibility index (Phi) is 4.01. The second kappa shape index (κ2) is 6.10. The Hall–Kier alpha value is -2.14. The van der Waals surface area contributed by atoms with Crippen LogP contribution in [0, 0.1) is 6.92 Å². The summed E-state index contributed by atoms with van der Waals surface area (Å²) < 4.78 is 2.00. The molecule has 21 heavy (non-hydrogen) atoms. The molecular formula is C16H17N3OS. The van der Waals surface area contributed by atoms with Gasteiger partial charge in [0.05, 0.1) is 16.6 Å². The van der Waals surface area contributed by atoms with Gasteiger partial charge in [-0.05, 0) is 36.4 Å². The number of carbonyl (C=O) groups excluding carboxylic acids is 1. The van der Waals surface area contributed by atoms with Crippen molar-refractivity contribution in [3.05, 3.63) is 52.3 Å². The summed E-state index contributed by atoms with van der Waals surface area (Å²) in [5.41, 5.74) is 2.39. The quantitative estimate of drug-likeness (QED) is 0.735. The number of carbonyl (C=O) groups is 1. The Morgan fingerprint density at radius 3 is 3.05 bits per heavy atom. The summed E-state index contributed by atoms with van der Waals surface area (Å²) >= 11 is 1.46. The highest BCUT2D eigenvalue weighted by atomic mass is 32.1. The second-order valence-corrected chi connectivity index (χ2v) is 5.91. The molecule has 1 N–H and O–H groups in total. The highest BCUT2D eigenvalue weighted by Gasteiger charge is 2.06. The van der Waals surface area contributed by atoms with Crippen LogP contribution in [-0.4, -0.2) is 22.2 Å². The first-order valence-corrected chi connectivity index (χ1v) is 7.86. The van der Waals surface area contributed by atoms with Crippen molar-refractivity contribution in [2.75, 3.05) is 6.54 Å². The van der Waals surface area contributed by atoms with Gasteiger partial charge in [0, 0.05) is 18.5 Å². The van der Waals surface area contributed by atoms with Crippen molar-refractivity contribution in [2.45, 2.75) is 19.9 Å². The molecule has 3 rings (SSSR count). The SMILES string of the molecule is Cc1cccc2c1cnn2CCCNC(=O)c1cccs1. The Balaban J connectivity index is 1.55. The third-order valence-corrected chi connectivity index (χ3v) is 4.35. The molecule has 0 aliphatic heterocycles. The summed E-state index contributed by atoms with van der Waals surface area (Å²) in [4.78, 5) is 12.6. The van der Waals surface area contributed by atoms with E-state index in [2.05, 4.69) is 35.5 Å². The monoisotopic (exact) mass is 299 g/mol. The fourth-order valence-electron chi connectivity index (χ4n) is 2.35. The molecule has 2 aromatic heterocycles. The average molecular weight is 299 g/mol. The van der Waals surface area contributed by atoms with Crippen LogP contribution >= 0.6 is 11.3 Å². The number of fused-ring (bicyclic) bond motifs is 1. The van der Waals surface area contributed by atoms with Gasteiger partial charge in [0.2, 0.25) is 0 Å². The molecule has 0 bridgehead atoms. The summed E-state index contributed by atoms with van der Waals surface area (Å²) in [6.07, 6.45) is 2.77. The molecule has 1 amide bonds. The lowest BCUT2D eigenvalue weighted by Gasteiger charge is -2.05. The van der Waals surface area contributed by atoms with Crippen molar-refractivity contribution in [1.82, 2.24) is 15.1 Å². The predicted octanol–water partition coefficient (Wildman–Crippen LogP) is 3.23. The van der Waals surface area contributed by atoms with E-state index in [-0.39, 0.29) is 5.91 Å². The molecule has 4 nitrogen and oxygen atoms in total. The minimum atomic E-state index is 0.00571. The standard InChI is InChI=1S/C16H17N3OS/c1-12-5-2-6-14-13(12)11-18-19(14)9-4-8-17-16(20)15-7-3-10-21-15/h2-3,5-7,10-11H,4,8-9H2,1H3,(H,17,20). The number of benzene rings is 1. The summed E-state index contributed by atoms with van der Waals surface area (Å²) in [5.74, 6) is 0.00571. The van der Waals surface area contributed by atoms with Crippen LogP contribution in [0.15, 0.2) is 41.9 Å². The van der Waals surface area contributed by atoms with Gasteiger partial charge >= 0.3 is 0 Å². The molecule has 0 aliphatic carbocycles. The van der Waals surface area contributed by atoms with Crippen LogP contribution in [0.2, 0.25) is 0 Å². The van der Waals surface area contributed by atoms with Gasteiger partial charge in [-0.2, -0.15) is 5.10 Å². The Bertz CT molecular complexity index is 746. The normalized spacial score (nSPS) is 10.9. The summed E-state index contributed by atoms with van der Waals surface area (Å²) in [7, 11) is 0. The zero-order valence-electron chi connectivity index (χ0n) is 11.9. The molecular weight excluding hydrogens is 282 g/mol. The van der Waals surface area contributed by atoms with Crippen molar-refractivity contribution < 1.29 is 4.79 Å². The fourth-order valence-corrected chi connectivity index (χ4v) is 2.99. The minimum absolute atomic E-state index is 0.00571. The van der Waals surface area contributed by atoms with E-state index in [9.17, 15) is 4.79 Å². The van der Waals surface area contributed by atoms with E-state index in [0.717, 1.165) is 23.4 Å². The Labute approximate surface area is 127 Å². The number of nitrogens with zero attached hydrogens (tertiary/aromatic N) is 2. The first kappa shape index (κ1) is 13.8. The maximum Gasteiger partial charge on any atom is 0.261 e. The number of hydrogen-bond donors (Lipinski definition) is 1. The van der Waals surface area contributed by atoms with Crippen LogP contribution in [0.25, 0.3) is 10.9 Å². The average Bonchev–Trinajstić information content (AvgIpc) is 3.14. The zero-order chi connectivity index (χ0) is 14.7. The number of thiophene rings is 1. The van der Waals surface area contributed by atoms with Gasteiger partial charge in [-0.15, -0.1) is 11.3 Å². The first-order chi connectivity index (χ1) is 10.3. The topological polar surface area (TPSA) is 46.9 Å². The lowest BCUT2D eigenvalue weighted by molar-refractivity contribution is 0.0956. The largest absolute Gasteiger partial charge is 0.351 e. The molecule has 0 atom stereocenters. The van der Waals surface area contributed by atoms with Crippen LogP contribution in [0.3, 0.4) is 0 Å². The van der Waals surface area contributed by atoms with Crippen molar-refractivity contribution in [3.8, 4) is 0 Å². The fraction of sp³-hybridized carbons (Fsp3) is 0.250. The maximum absolute atomic E-state index is 11.8. The molecule has 108 valence electrons. The van der Waals surface area contributed by atoms with Crippen molar-refractivity contribution in [1.29, 1.82) is 0 Å². The van der Waals surface area contributed by atoms with Crippen LogP contribution in [0.4, 0.5) is 0 Å². The molecule has 0 saturated heterocycles. The van der Waals surface area contributed by atoms with Crippen LogP contribution in [0.5, 0.6) is 0 Å². The molecule has 0 fully saturated rings. The number of aryl methyl sites for hydroxylation is 2. The number of rotatable bonds is 5. The van der Waals surface area contributed by atoms with Gasteiger partial charge in [-0.1, -0.05) is 18.2 Å². The van der Waals surface area contributed by atoms with Gasteiger partial charge in [0.15, 0.2) is 0 Å². The lowest BCUT2D eigenvalue weighted by Crippen LogP contribution is -2.24. The Morgan fingerprint density at radius 2 is 2.24 bits per heavy atom. The van der Waals surface area contributed by atoms with Crippen molar-refractivity contribution in [2.24, 2.45) is 0 Å². The molecule has 0 spiro atoms. The molecule has 1 aromatic carbocycles. The van der Waals surface area contributed by atoms with Crippen LogP contribution < -0.4 is 5.32 Å². The molecule has 2 heterocycles. The third-order valence-electron chi connectivity index (χ3n) is 3.48. The molecule has 3 aromatic rings. The van der Waals surface area contributed by atoms with Gasteiger partial charge in [0.25, 0.3) is 5.91 Å². The van der Waals surface area contributed by atoms with Gasteiger partial charge in [0.1, 0.15) is 0 Å². The van der Waals surface area contributed by atoms with E-state index >= 15 is 0 Å². The van der Waals surface area contributed by atoms with E-state index in [0.29, 0.717) is 6.54 Å². The van der Waals surface area contributed by atoms with E-state index in [4.69, 9.17) is 0 Å². The molecule has 5 heteroatoms. The van der Waals surface area contributed by atoms with E-state index in [1.165, 1.54) is 22.3 Å². The number of aromatic nitrogens is 2. The summed E-state index contributed by atoms with van der Waals surface area (Å²) in [6.45, 7) is 3.55. The smallest absolute Gasteiger partial charge is 0.261 e. The van der Waals surface area contributed by atoms with Crippen LogP contribution in [-0.2, 0) is 6.54 Å². The van der Waals surface area contributed by atoms with Crippen LogP contribution in [0.1, 0.15) is 21.7 Å². The molecule has 0 unspecified atom stereocenters. The molecule has 0 aliphatic rings. The number of amides is 1. The predicted molar refractivity (Wildman–Crippen MR) is 85.7 cm³/mol. The van der Waals surface area contributed by atoms with E-state index < -0.39 is 0 Å².